The zero-order chi connectivity index (χ0) is 13.8. The second-order valence-electron chi connectivity index (χ2n) is 4.50. The fraction of sp³-hybridized carbons (Fsp3) is 0.385. The van der Waals surface area contributed by atoms with E-state index in [0.717, 1.165) is 18.5 Å². The second kappa shape index (κ2) is 5.93. The van der Waals surface area contributed by atoms with Gasteiger partial charge in [0.05, 0.1) is 11.2 Å². The normalized spacial score (nSPS) is 10.7. The highest BCUT2D eigenvalue weighted by molar-refractivity contribution is 6.31. The van der Waals surface area contributed by atoms with E-state index in [2.05, 4.69) is 17.1 Å². The van der Waals surface area contributed by atoms with Crippen LogP contribution in [0.5, 0.6) is 0 Å². The van der Waals surface area contributed by atoms with Crippen LogP contribution in [0.3, 0.4) is 0 Å². The van der Waals surface area contributed by atoms with Gasteiger partial charge in [-0.1, -0.05) is 18.5 Å². The Labute approximate surface area is 117 Å². The quantitative estimate of drug-likeness (QED) is 0.915. The standard InChI is InChI=1S/C13H17ClN4O/c1-3-4-18-9-11(14)5-12(18)13(19)17(2)8-10-6-15-16-7-10/h5-7,9H,3-4,8H2,1-2H3,(H,15,16). The first-order chi connectivity index (χ1) is 9.11. The van der Waals surface area contributed by atoms with E-state index in [1.807, 2.05) is 4.57 Å². The summed E-state index contributed by atoms with van der Waals surface area (Å²) in [5.74, 6) is -0.0402. The van der Waals surface area contributed by atoms with Crippen molar-refractivity contribution in [1.29, 1.82) is 0 Å². The SMILES string of the molecule is CCCn1cc(Cl)cc1C(=O)N(C)Cc1cn[nH]c1. The van der Waals surface area contributed by atoms with Crippen molar-refractivity contribution in [2.45, 2.75) is 26.4 Å². The molecule has 102 valence electrons. The molecule has 6 heteroatoms. The van der Waals surface area contributed by atoms with Crippen molar-refractivity contribution in [2.75, 3.05) is 7.05 Å². The summed E-state index contributed by atoms with van der Waals surface area (Å²) >= 11 is 5.99. The van der Waals surface area contributed by atoms with Gasteiger partial charge in [-0.05, 0) is 12.5 Å². The lowest BCUT2D eigenvalue weighted by Gasteiger charge is -2.17. The molecule has 0 spiro atoms. The summed E-state index contributed by atoms with van der Waals surface area (Å²) < 4.78 is 1.90. The molecule has 1 amide bonds. The minimum absolute atomic E-state index is 0.0402. The summed E-state index contributed by atoms with van der Waals surface area (Å²) in [5, 5.41) is 7.20. The fourth-order valence-electron chi connectivity index (χ4n) is 1.99. The molecule has 0 bridgehead atoms. The maximum absolute atomic E-state index is 12.4. The highest BCUT2D eigenvalue weighted by Gasteiger charge is 2.17. The van der Waals surface area contributed by atoms with E-state index in [1.54, 1.807) is 36.6 Å². The summed E-state index contributed by atoms with van der Waals surface area (Å²) in [6.07, 6.45) is 6.24. The Balaban J connectivity index is 2.14. The van der Waals surface area contributed by atoms with E-state index in [-0.39, 0.29) is 5.91 Å². The number of hydrogen-bond donors (Lipinski definition) is 1. The third kappa shape index (κ3) is 3.17. The molecule has 0 radical (unpaired) electrons. The zero-order valence-electron chi connectivity index (χ0n) is 11.1. The molecule has 0 aliphatic carbocycles. The average molecular weight is 281 g/mol. The van der Waals surface area contributed by atoms with Crippen molar-refractivity contribution in [1.82, 2.24) is 19.7 Å². The van der Waals surface area contributed by atoms with Crippen LogP contribution in [0.1, 0.15) is 29.4 Å². The highest BCUT2D eigenvalue weighted by Crippen LogP contribution is 2.17. The molecule has 0 fully saturated rings. The molecule has 2 aromatic rings. The zero-order valence-corrected chi connectivity index (χ0v) is 11.8. The maximum atomic E-state index is 12.4. The fourth-order valence-corrected chi connectivity index (χ4v) is 2.21. The lowest BCUT2D eigenvalue weighted by molar-refractivity contribution is 0.0774. The summed E-state index contributed by atoms with van der Waals surface area (Å²) in [7, 11) is 1.77. The van der Waals surface area contributed by atoms with Gasteiger partial charge in [0.1, 0.15) is 5.69 Å². The molecule has 1 N–H and O–H groups in total. The van der Waals surface area contributed by atoms with Crippen LogP contribution in [0.4, 0.5) is 0 Å². The molecule has 2 aromatic heterocycles. The Morgan fingerprint density at radius 2 is 2.37 bits per heavy atom. The molecule has 0 saturated carbocycles. The van der Waals surface area contributed by atoms with Gasteiger partial charge in [0.25, 0.3) is 5.91 Å². The number of nitrogens with one attached hydrogen (secondary N) is 1. The van der Waals surface area contributed by atoms with Gasteiger partial charge in [0, 0.05) is 38.1 Å². The van der Waals surface area contributed by atoms with Crippen molar-refractivity contribution < 1.29 is 4.79 Å². The van der Waals surface area contributed by atoms with Crippen LogP contribution in [-0.4, -0.2) is 32.6 Å². The van der Waals surface area contributed by atoms with Gasteiger partial charge < -0.3 is 9.47 Å². The summed E-state index contributed by atoms with van der Waals surface area (Å²) in [4.78, 5) is 14.1. The Bertz CT molecular complexity index is 547. The number of amides is 1. The Morgan fingerprint density at radius 3 is 3.00 bits per heavy atom. The third-order valence-corrected chi connectivity index (χ3v) is 3.07. The number of aromatic nitrogens is 3. The Hall–Kier alpha value is -1.75. The molecule has 0 atom stereocenters. The van der Waals surface area contributed by atoms with Crippen molar-refractivity contribution in [3.8, 4) is 0 Å². The predicted octanol–water partition coefficient (Wildman–Crippen LogP) is 2.55. The lowest BCUT2D eigenvalue weighted by atomic mass is 10.3. The number of carbonyl (C=O) groups is 1. The molecule has 0 aliphatic rings. The van der Waals surface area contributed by atoms with E-state index in [4.69, 9.17) is 11.6 Å². The number of halogens is 1. The smallest absolute Gasteiger partial charge is 0.270 e. The Kier molecular flexibility index (Phi) is 4.27. The lowest BCUT2D eigenvalue weighted by Crippen LogP contribution is -2.28. The van der Waals surface area contributed by atoms with Crippen LogP contribution >= 0.6 is 11.6 Å². The number of aromatic amines is 1. The number of rotatable bonds is 5. The number of hydrogen-bond acceptors (Lipinski definition) is 2. The molecule has 0 saturated heterocycles. The van der Waals surface area contributed by atoms with Gasteiger partial charge in [-0.2, -0.15) is 5.10 Å². The molecule has 0 unspecified atom stereocenters. The first-order valence-corrected chi connectivity index (χ1v) is 6.58. The van der Waals surface area contributed by atoms with Gasteiger partial charge in [0.15, 0.2) is 0 Å². The number of nitrogens with zero attached hydrogens (tertiary/aromatic N) is 3. The van der Waals surface area contributed by atoms with Gasteiger partial charge in [-0.3, -0.25) is 9.89 Å². The van der Waals surface area contributed by atoms with Crippen molar-refractivity contribution in [2.24, 2.45) is 0 Å². The van der Waals surface area contributed by atoms with Crippen LogP contribution in [-0.2, 0) is 13.1 Å². The molecule has 19 heavy (non-hydrogen) atoms. The monoisotopic (exact) mass is 280 g/mol. The van der Waals surface area contributed by atoms with Crippen molar-refractivity contribution >= 4 is 17.5 Å². The first-order valence-electron chi connectivity index (χ1n) is 6.20. The minimum atomic E-state index is -0.0402. The minimum Gasteiger partial charge on any atom is -0.342 e. The molecular formula is C13H17ClN4O. The van der Waals surface area contributed by atoms with Crippen LogP contribution in [0.15, 0.2) is 24.7 Å². The van der Waals surface area contributed by atoms with E-state index in [1.165, 1.54) is 0 Å². The predicted molar refractivity (Wildman–Crippen MR) is 74.1 cm³/mol. The van der Waals surface area contributed by atoms with Crippen LogP contribution in [0.2, 0.25) is 5.02 Å². The summed E-state index contributed by atoms with van der Waals surface area (Å²) in [6, 6.07) is 1.71. The molecule has 5 nitrogen and oxygen atoms in total. The van der Waals surface area contributed by atoms with Gasteiger partial charge in [-0.15, -0.1) is 0 Å². The first kappa shape index (κ1) is 13.7. The van der Waals surface area contributed by atoms with Gasteiger partial charge >= 0.3 is 0 Å². The molecule has 2 rings (SSSR count). The van der Waals surface area contributed by atoms with Gasteiger partial charge in [-0.25, -0.2) is 0 Å². The van der Waals surface area contributed by atoms with E-state index >= 15 is 0 Å². The molecular weight excluding hydrogens is 264 g/mol. The average Bonchev–Trinajstić information content (AvgIpc) is 2.98. The highest BCUT2D eigenvalue weighted by atomic mass is 35.5. The van der Waals surface area contributed by atoms with Gasteiger partial charge in [0.2, 0.25) is 0 Å². The molecule has 0 aliphatic heterocycles. The van der Waals surface area contributed by atoms with Crippen molar-refractivity contribution in [3.05, 3.63) is 40.9 Å². The summed E-state index contributed by atoms with van der Waals surface area (Å²) in [6.45, 7) is 3.37. The topological polar surface area (TPSA) is 53.9 Å². The Morgan fingerprint density at radius 1 is 1.58 bits per heavy atom. The number of aryl methyl sites for hydroxylation is 1. The van der Waals surface area contributed by atoms with Crippen LogP contribution in [0, 0.1) is 0 Å². The van der Waals surface area contributed by atoms with E-state index in [9.17, 15) is 4.79 Å². The maximum Gasteiger partial charge on any atom is 0.270 e. The molecule has 0 aromatic carbocycles. The number of H-pyrrole nitrogens is 1. The molecule has 2 heterocycles. The summed E-state index contributed by atoms with van der Waals surface area (Å²) in [5.41, 5.74) is 1.59. The van der Waals surface area contributed by atoms with Crippen LogP contribution < -0.4 is 0 Å². The van der Waals surface area contributed by atoms with E-state index in [0.29, 0.717) is 17.3 Å². The van der Waals surface area contributed by atoms with Crippen LogP contribution in [0.25, 0.3) is 0 Å². The van der Waals surface area contributed by atoms with Crippen molar-refractivity contribution in [3.63, 3.8) is 0 Å². The largest absolute Gasteiger partial charge is 0.342 e. The number of carbonyl (C=O) groups excluding carboxylic acids is 1. The third-order valence-electron chi connectivity index (χ3n) is 2.87. The second-order valence-corrected chi connectivity index (χ2v) is 4.94. The van der Waals surface area contributed by atoms with E-state index < -0.39 is 0 Å².